The van der Waals surface area contributed by atoms with Gasteiger partial charge in [-0.05, 0) is 51.4 Å². The van der Waals surface area contributed by atoms with Crippen LogP contribution < -0.4 is 5.32 Å². The average Bonchev–Trinajstić information content (AvgIpc) is 3.42. The molecule has 0 fully saturated rings. The molecule has 2 unspecified atom stereocenters. The molecule has 0 aliphatic rings. The summed E-state index contributed by atoms with van der Waals surface area (Å²) < 4.78 is 5.50. The van der Waals surface area contributed by atoms with Crippen LogP contribution in [0.2, 0.25) is 0 Å². The smallest absolute Gasteiger partial charge is 0.305 e. The molecule has 0 saturated heterocycles. The Bertz CT molecular complexity index is 1140. The van der Waals surface area contributed by atoms with Crippen LogP contribution in [0.3, 0.4) is 0 Å². The van der Waals surface area contributed by atoms with Crippen molar-refractivity contribution in [1.29, 1.82) is 0 Å². The molecule has 0 aromatic rings. The predicted octanol–water partition coefficient (Wildman–Crippen LogP) is 22.4. The van der Waals surface area contributed by atoms with Crippen molar-refractivity contribution in [2.24, 2.45) is 0 Å². The van der Waals surface area contributed by atoms with Gasteiger partial charge in [0, 0.05) is 12.8 Å². The lowest BCUT2D eigenvalue weighted by molar-refractivity contribution is -0.143. The number of nitrogens with one attached hydrogen (secondary N) is 1. The van der Waals surface area contributed by atoms with Crippen molar-refractivity contribution in [2.45, 2.75) is 411 Å². The highest BCUT2D eigenvalue weighted by Crippen LogP contribution is 2.19. The number of aliphatic hydroxyl groups is 2. The van der Waals surface area contributed by atoms with Crippen LogP contribution in [-0.2, 0) is 14.3 Å². The first-order valence-electron chi connectivity index (χ1n) is 34.9. The molecule has 0 heterocycles. The lowest BCUT2D eigenvalue weighted by Gasteiger charge is -2.22. The Morgan fingerprint density at radius 2 is 0.618 bits per heavy atom. The third-order valence-electron chi connectivity index (χ3n) is 16.6. The Morgan fingerprint density at radius 3 is 0.934 bits per heavy atom. The number of ether oxygens (including phenoxy) is 1. The van der Waals surface area contributed by atoms with Crippen molar-refractivity contribution in [1.82, 2.24) is 5.32 Å². The average molecular weight is 1070 g/mol. The number of amides is 1. The predicted molar refractivity (Wildman–Crippen MR) is 333 cm³/mol. The van der Waals surface area contributed by atoms with E-state index in [0.29, 0.717) is 25.9 Å². The van der Waals surface area contributed by atoms with Gasteiger partial charge in [0.1, 0.15) is 0 Å². The van der Waals surface area contributed by atoms with Gasteiger partial charge in [0.15, 0.2) is 0 Å². The Hall–Kier alpha value is -1.40. The van der Waals surface area contributed by atoms with Crippen LogP contribution in [0.15, 0.2) is 12.2 Å². The van der Waals surface area contributed by atoms with E-state index in [2.05, 4.69) is 31.3 Å². The largest absolute Gasteiger partial charge is 0.466 e. The Kier molecular flexibility index (Phi) is 64.9. The van der Waals surface area contributed by atoms with E-state index < -0.39 is 12.1 Å². The molecule has 3 N–H and O–H groups in total. The number of unbranched alkanes of at least 4 members (excludes halogenated alkanes) is 53. The monoisotopic (exact) mass is 1070 g/mol. The fraction of sp³-hybridized carbons (Fsp3) is 0.943. The molecule has 0 spiro atoms. The van der Waals surface area contributed by atoms with E-state index in [1.165, 1.54) is 327 Å². The number of rotatable bonds is 66. The van der Waals surface area contributed by atoms with E-state index in [1.807, 2.05) is 0 Å². The highest BCUT2D eigenvalue weighted by molar-refractivity contribution is 5.76. The molecule has 0 radical (unpaired) electrons. The van der Waals surface area contributed by atoms with Gasteiger partial charge in [-0.3, -0.25) is 9.59 Å². The molecule has 1 amide bonds. The standard InChI is InChI=1S/C70H137NO5/c1-3-5-7-9-11-13-15-17-18-36-40-44-48-52-56-60-64-70(75)76-65-61-57-53-49-45-41-37-34-32-30-28-26-24-22-20-19-21-23-25-27-29-31-33-35-39-43-47-51-55-59-63-69(74)71-67(66-72)68(73)62-58-54-50-46-42-38-16-14-12-10-8-6-4-2/h20,22,67-68,72-73H,3-19,21,23-66H2,1-2H3,(H,71,74)/b22-20-. The highest BCUT2D eigenvalue weighted by atomic mass is 16.5. The normalized spacial score (nSPS) is 12.5. The van der Waals surface area contributed by atoms with Crippen LogP contribution >= 0.6 is 0 Å². The summed E-state index contributed by atoms with van der Waals surface area (Å²) in [4.78, 5) is 24.6. The second-order valence-corrected chi connectivity index (χ2v) is 24.2. The molecule has 0 saturated carbocycles. The number of hydrogen-bond donors (Lipinski definition) is 3. The number of carbonyl (C=O) groups excluding carboxylic acids is 2. The van der Waals surface area contributed by atoms with Gasteiger partial charge >= 0.3 is 5.97 Å². The van der Waals surface area contributed by atoms with E-state index in [-0.39, 0.29) is 18.5 Å². The van der Waals surface area contributed by atoms with E-state index >= 15 is 0 Å². The molecule has 0 aliphatic heterocycles. The Morgan fingerprint density at radius 1 is 0.355 bits per heavy atom. The number of allylic oxidation sites excluding steroid dienone is 2. The maximum atomic E-state index is 12.5. The van der Waals surface area contributed by atoms with E-state index in [4.69, 9.17) is 4.74 Å². The highest BCUT2D eigenvalue weighted by Gasteiger charge is 2.20. The SMILES string of the molecule is CCCCCCCCCCCCCCCCCCC(=O)OCCCCCCCCCCCCCC/C=C\CCCCCCCCCCCCCCCCC(=O)NC(CO)C(O)CCCCCCCCCCCCCCC. The zero-order valence-electron chi connectivity index (χ0n) is 51.8. The summed E-state index contributed by atoms with van der Waals surface area (Å²) in [5.41, 5.74) is 0. The topological polar surface area (TPSA) is 95.9 Å². The first kappa shape index (κ1) is 74.6. The molecule has 452 valence electrons. The lowest BCUT2D eigenvalue weighted by atomic mass is 10.0. The van der Waals surface area contributed by atoms with E-state index in [9.17, 15) is 19.8 Å². The summed E-state index contributed by atoms with van der Waals surface area (Å²) in [6, 6.07) is -0.539. The summed E-state index contributed by atoms with van der Waals surface area (Å²) in [6.07, 6.45) is 81.2. The van der Waals surface area contributed by atoms with Gasteiger partial charge < -0.3 is 20.3 Å². The van der Waals surface area contributed by atoms with Crippen molar-refractivity contribution in [2.75, 3.05) is 13.2 Å². The first-order valence-corrected chi connectivity index (χ1v) is 34.9. The van der Waals surface area contributed by atoms with Crippen molar-refractivity contribution in [3.05, 3.63) is 12.2 Å². The van der Waals surface area contributed by atoms with Crippen molar-refractivity contribution in [3.8, 4) is 0 Å². The summed E-state index contributed by atoms with van der Waals surface area (Å²) in [5.74, 6) is -0.00969. The van der Waals surface area contributed by atoms with Crippen LogP contribution in [0.1, 0.15) is 399 Å². The fourth-order valence-corrected chi connectivity index (χ4v) is 11.2. The van der Waals surface area contributed by atoms with E-state index in [0.717, 1.165) is 38.5 Å². The quantitative estimate of drug-likeness (QED) is 0.0320. The minimum absolute atomic E-state index is 0.0214. The van der Waals surface area contributed by atoms with Gasteiger partial charge in [-0.1, -0.05) is 347 Å². The van der Waals surface area contributed by atoms with Crippen LogP contribution in [0.25, 0.3) is 0 Å². The Labute approximate surface area is 476 Å². The summed E-state index contributed by atoms with van der Waals surface area (Å²) in [6.45, 7) is 4.99. The second-order valence-electron chi connectivity index (χ2n) is 24.2. The minimum atomic E-state index is -0.662. The molecule has 0 bridgehead atoms. The lowest BCUT2D eigenvalue weighted by Crippen LogP contribution is -2.45. The molecule has 2 atom stereocenters. The Balaban J connectivity index is 3.33. The molecule has 0 aliphatic carbocycles. The van der Waals surface area contributed by atoms with Crippen molar-refractivity contribution < 1.29 is 24.5 Å². The molecule has 0 rings (SSSR count). The third kappa shape index (κ3) is 61.8. The number of hydrogen-bond acceptors (Lipinski definition) is 5. The van der Waals surface area contributed by atoms with Crippen LogP contribution in [0.4, 0.5) is 0 Å². The van der Waals surface area contributed by atoms with Gasteiger partial charge in [0.25, 0.3) is 0 Å². The van der Waals surface area contributed by atoms with Gasteiger partial charge in [-0.25, -0.2) is 0 Å². The zero-order chi connectivity index (χ0) is 55.0. The van der Waals surface area contributed by atoms with Crippen molar-refractivity contribution >= 4 is 11.9 Å². The van der Waals surface area contributed by atoms with E-state index in [1.54, 1.807) is 0 Å². The van der Waals surface area contributed by atoms with Crippen LogP contribution in [-0.4, -0.2) is 47.4 Å². The van der Waals surface area contributed by atoms with Crippen LogP contribution in [0, 0.1) is 0 Å². The molecule has 6 heteroatoms. The number of carbonyl (C=O) groups is 2. The third-order valence-corrected chi connectivity index (χ3v) is 16.6. The zero-order valence-corrected chi connectivity index (χ0v) is 51.8. The summed E-state index contributed by atoms with van der Waals surface area (Å²) >= 11 is 0. The van der Waals surface area contributed by atoms with Gasteiger partial charge in [0.2, 0.25) is 5.91 Å². The maximum absolute atomic E-state index is 12.5. The molecule has 6 nitrogen and oxygen atoms in total. The number of aliphatic hydroxyl groups excluding tert-OH is 2. The first-order chi connectivity index (χ1) is 37.5. The summed E-state index contributed by atoms with van der Waals surface area (Å²) in [7, 11) is 0. The molecular formula is C70H137NO5. The van der Waals surface area contributed by atoms with Gasteiger partial charge in [-0.2, -0.15) is 0 Å². The molecule has 0 aromatic carbocycles. The van der Waals surface area contributed by atoms with Gasteiger partial charge in [-0.15, -0.1) is 0 Å². The second kappa shape index (κ2) is 66.1. The maximum Gasteiger partial charge on any atom is 0.305 e. The van der Waals surface area contributed by atoms with Crippen LogP contribution in [0.5, 0.6) is 0 Å². The van der Waals surface area contributed by atoms with Gasteiger partial charge in [0.05, 0.1) is 25.4 Å². The van der Waals surface area contributed by atoms with Crippen molar-refractivity contribution in [3.63, 3.8) is 0 Å². The summed E-state index contributed by atoms with van der Waals surface area (Å²) in [5, 5.41) is 23.3. The molecular weight excluding hydrogens is 935 g/mol. The number of esters is 1. The fourth-order valence-electron chi connectivity index (χ4n) is 11.2. The molecule has 0 aromatic heterocycles. The minimum Gasteiger partial charge on any atom is -0.466 e. The molecule has 76 heavy (non-hydrogen) atoms.